The number of amides is 1. The number of methoxy groups -OCH3 is 1. The van der Waals surface area contributed by atoms with Crippen LogP contribution in [0.3, 0.4) is 0 Å². The van der Waals surface area contributed by atoms with E-state index >= 15 is 0 Å². The van der Waals surface area contributed by atoms with Gasteiger partial charge < -0.3 is 35.6 Å². The molecule has 3 aliphatic rings. The van der Waals surface area contributed by atoms with Crippen molar-refractivity contribution in [2.45, 2.75) is 44.3 Å². The summed E-state index contributed by atoms with van der Waals surface area (Å²) in [6, 6.07) is 11.7. The number of anilines is 3. The molecule has 220 valence electrons. The Bertz CT molecular complexity index is 1910. The third kappa shape index (κ3) is 4.27. The minimum atomic E-state index is -0.00688. The van der Waals surface area contributed by atoms with Crippen LogP contribution in [0.4, 0.5) is 17.5 Å². The van der Waals surface area contributed by atoms with Crippen LogP contribution in [0.5, 0.6) is 5.75 Å². The topological polar surface area (TPSA) is 155 Å². The molecule has 5 heterocycles. The maximum absolute atomic E-state index is 13.7. The molecule has 0 radical (unpaired) electrons. The van der Waals surface area contributed by atoms with Gasteiger partial charge in [0, 0.05) is 49.2 Å². The summed E-state index contributed by atoms with van der Waals surface area (Å²) in [6.45, 7) is 1.56. The number of carbonyl (C=O) groups is 1. The van der Waals surface area contributed by atoms with E-state index in [9.17, 15) is 4.79 Å². The first-order valence-corrected chi connectivity index (χ1v) is 14.8. The highest BCUT2D eigenvalue weighted by atomic mass is 16.5. The number of nitrogens with zero attached hydrogens (tertiary/aromatic N) is 7. The molecule has 2 aliphatic carbocycles. The van der Waals surface area contributed by atoms with Crippen molar-refractivity contribution in [3.05, 3.63) is 48.3 Å². The molecule has 2 unspecified atom stereocenters. The first-order chi connectivity index (χ1) is 20.9. The van der Waals surface area contributed by atoms with Gasteiger partial charge in [0.05, 0.1) is 18.3 Å². The number of piperidine rings is 1. The number of nitrogen functional groups attached to an aromatic ring is 1. The summed E-state index contributed by atoms with van der Waals surface area (Å²) in [6.07, 6.45) is 5.88. The molecule has 5 aromatic rings. The fourth-order valence-electron chi connectivity index (χ4n) is 6.96. The Morgan fingerprint density at radius 1 is 1.07 bits per heavy atom. The monoisotopic (exact) mass is 578 g/mol. The molecule has 2 bridgehead atoms. The third-order valence-electron chi connectivity index (χ3n) is 9.37. The molecule has 1 saturated heterocycles. The van der Waals surface area contributed by atoms with Gasteiger partial charge >= 0.3 is 0 Å². The smallest absolute Gasteiger partial charge is 0.254 e. The molecule has 4 aromatic heterocycles. The van der Waals surface area contributed by atoms with Crippen LogP contribution in [0.1, 0.15) is 36.0 Å². The van der Waals surface area contributed by atoms with Crippen LogP contribution in [0.25, 0.3) is 33.6 Å². The number of carbonyl (C=O) groups excluding carboxylic acids is 1. The van der Waals surface area contributed by atoms with Crippen LogP contribution in [0, 0.1) is 11.8 Å². The highest BCUT2D eigenvalue weighted by Crippen LogP contribution is 2.40. The fourth-order valence-corrected chi connectivity index (χ4v) is 6.96. The summed E-state index contributed by atoms with van der Waals surface area (Å²) < 4.78 is 10.1. The first kappa shape index (κ1) is 26.0. The van der Waals surface area contributed by atoms with Crippen molar-refractivity contribution in [3.63, 3.8) is 0 Å². The third-order valence-corrected chi connectivity index (χ3v) is 9.37. The van der Waals surface area contributed by atoms with Crippen molar-refractivity contribution < 1.29 is 9.53 Å². The van der Waals surface area contributed by atoms with Gasteiger partial charge in [-0.1, -0.05) is 0 Å². The van der Waals surface area contributed by atoms with Gasteiger partial charge in [-0.25, -0.2) is 19.9 Å². The molecule has 2 saturated carbocycles. The van der Waals surface area contributed by atoms with Crippen molar-refractivity contribution in [3.8, 4) is 17.3 Å². The summed E-state index contributed by atoms with van der Waals surface area (Å²) in [5.74, 6) is 4.02. The number of rotatable bonds is 7. The SMILES string of the molecule is COc1cc(C(=O)N2CC3CCC2[C@@H]3N)cc2nc(-c3cc4ccc(Nc5cc(N)ncn5)nc4n3CC3CC3)n(C)c12. The molecule has 1 aliphatic heterocycles. The Labute approximate surface area is 248 Å². The van der Waals surface area contributed by atoms with E-state index in [0.29, 0.717) is 52.7 Å². The molecule has 8 rings (SSSR count). The normalized spacial score (nSPS) is 21.3. The number of nitrogens with two attached hydrogens (primary N) is 2. The average molecular weight is 579 g/mol. The minimum Gasteiger partial charge on any atom is -0.494 e. The summed E-state index contributed by atoms with van der Waals surface area (Å²) >= 11 is 0. The highest BCUT2D eigenvalue weighted by Gasteiger charge is 2.47. The van der Waals surface area contributed by atoms with Crippen LogP contribution in [0.2, 0.25) is 0 Å². The number of ether oxygens (including phenoxy) is 1. The zero-order chi connectivity index (χ0) is 29.4. The Balaban J connectivity index is 1.21. The van der Waals surface area contributed by atoms with E-state index in [1.165, 1.54) is 19.2 Å². The van der Waals surface area contributed by atoms with E-state index in [1.54, 1.807) is 13.2 Å². The van der Waals surface area contributed by atoms with Crippen LogP contribution in [-0.4, -0.2) is 65.6 Å². The number of fused-ring (bicyclic) bond motifs is 4. The Morgan fingerprint density at radius 3 is 2.65 bits per heavy atom. The minimum absolute atomic E-state index is 0.00688. The predicted octanol–water partition coefficient (Wildman–Crippen LogP) is 3.69. The fraction of sp³-hybridized carbons (Fsp3) is 0.387. The molecule has 12 heteroatoms. The van der Waals surface area contributed by atoms with E-state index < -0.39 is 0 Å². The number of pyridine rings is 1. The maximum atomic E-state index is 13.7. The van der Waals surface area contributed by atoms with Crippen molar-refractivity contribution >= 4 is 45.4 Å². The van der Waals surface area contributed by atoms with Crippen LogP contribution in [-0.2, 0) is 13.6 Å². The average Bonchev–Trinajstić information content (AvgIpc) is 3.41. The van der Waals surface area contributed by atoms with E-state index in [0.717, 1.165) is 47.5 Å². The van der Waals surface area contributed by atoms with Crippen molar-refractivity contribution in [2.24, 2.45) is 24.6 Å². The number of imidazole rings is 1. The van der Waals surface area contributed by atoms with Crippen molar-refractivity contribution in [1.82, 2.24) is 34.0 Å². The summed E-state index contributed by atoms with van der Waals surface area (Å²) in [7, 11) is 3.63. The molecular weight excluding hydrogens is 544 g/mol. The number of aryl methyl sites for hydroxylation is 1. The lowest BCUT2D eigenvalue weighted by Crippen LogP contribution is -2.41. The van der Waals surface area contributed by atoms with Crippen molar-refractivity contribution in [1.29, 1.82) is 0 Å². The van der Waals surface area contributed by atoms with E-state index in [4.69, 9.17) is 26.2 Å². The maximum Gasteiger partial charge on any atom is 0.254 e. The molecule has 5 N–H and O–H groups in total. The molecular formula is C31H34N10O2. The first-order valence-electron chi connectivity index (χ1n) is 14.8. The number of hydrogen-bond acceptors (Lipinski definition) is 9. The van der Waals surface area contributed by atoms with Gasteiger partial charge in [-0.15, -0.1) is 0 Å². The molecule has 0 spiro atoms. The molecule has 3 atom stereocenters. The molecule has 1 aromatic carbocycles. The van der Waals surface area contributed by atoms with Gasteiger partial charge in [-0.05, 0) is 67.9 Å². The number of benzene rings is 1. The second-order valence-corrected chi connectivity index (χ2v) is 12.1. The quantitative estimate of drug-likeness (QED) is 0.262. The van der Waals surface area contributed by atoms with E-state index in [2.05, 4.69) is 36.6 Å². The lowest BCUT2D eigenvalue weighted by Gasteiger charge is -2.27. The van der Waals surface area contributed by atoms with Crippen molar-refractivity contribution in [2.75, 3.05) is 24.7 Å². The highest BCUT2D eigenvalue weighted by molar-refractivity contribution is 6.00. The standard InChI is InChI=1S/C31H34N10O2/c1-39-28-20(9-19(11-23(28)43-2)31(42)41-14-18-5-7-21(41)27(18)33)36-30(39)22-10-17-6-8-25(37-26-12-24(32)34-15-35-26)38-29(17)40(22)13-16-3-4-16/h6,8-12,15-16,18,21,27H,3-5,7,13-14,33H2,1-2H3,(H3,32,34,35,37,38)/t18?,21?,27-/m1/s1. The number of nitrogens with one attached hydrogen (secondary N) is 1. The van der Waals surface area contributed by atoms with Gasteiger partial charge in [-0.2, -0.15) is 0 Å². The lowest BCUT2D eigenvalue weighted by molar-refractivity contribution is 0.0700. The van der Waals surface area contributed by atoms with Gasteiger partial charge in [0.15, 0.2) is 5.82 Å². The Hall–Kier alpha value is -4.71. The zero-order valence-electron chi connectivity index (χ0n) is 24.2. The lowest BCUT2D eigenvalue weighted by atomic mass is 10.1. The van der Waals surface area contributed by atoms with Crippen LogP contribution < -0.4 is 21.5 Å². The van der Waals surface area contributed by atoms with Gasteiger partial charge in [0.1, 0.15) is 40.7 Å². The summed E-state index contributed by atoms with van der Waals surface area (Å²) in [5, 5.41) is 4.26. The second-order valence-electron chi connectivity index (χ2n) is 12.1. The van der Waals surface area contributed by atoms with Crippen LogP contribution in [0.15, 0.2) is 42.7 Å². The largest absolute Gasteiger partial charge is 0.494 e. The molecule has 3 fully saturated rings. The molecule has 12 nitrogen and oxygen atoms in total. The number of likely N-dealkylation sites (tertiary alicyclic amines) is 1. The number of hydrogen-bond donors (Lipinski definition) is 3. The van der Waals surface area contributed by atoms with Gasteiger partial charge in [0.25, 0.3) is 5.91 Å². The number of aromatic nitrogens is 6. The predicted molar refractivity (Wildman–Crippen MR) is 164 cm³/mol. The Kier molecular flexibility index (Phi) is 5.83. The summed E-state index contributed by atoms with van der Waals surface area (Å²) in [4.78, 5) is 33.9. The van der Waals surface area contributed by atoms with E-state index in [1.807, 2.05) is 30.1 Å². The Morgan fingerprint density at radius 2 is 1.93 bits per heavy atom. The van der Waals surface area contributed by atoms with E-state index in [-0.39, 0.29) is 18.0 Å². The molecule has 43 heavy (non-hydrogen) atoms. The van der Waals surface area contributed by atoms with Crippen LogP contribution >= 0.6 is 0 Å². The summed E-state index contributed by atoms with van der Waals surface area (Å²) in [5.41, 5.74) is 16.2. The second kappa shape index (κ2) is 9.66. The van der Waals surface area contributed by atoms with Gasteiger partial charge in [-0.3, -0.25) is 4.79 Å². The van der Waals surface area contributed by atoms with Gasteiger partial charge in [0.2, 0.25) is 0 Å². The molecule has 1 amide bonds. The zero-order valence-corrected chi connectivity index (χ0v) is 24.2.